The minimum atomic E-state index is -0.179. The third-order valence-corrected chi connectivity index (χ3v) is 2.90. The summed E-state index contributed by atoms with van der Waals surface area (Å²) < 4.78 is 0.771. The molecule has 0 spiro atoms. The molecule has 0 atom stereocenters. The summed E-state index contributed by atoms with van der Waals surface area (Å²) in [4.78, 5) is 11.8. The van der Waals surface area contributed by atoms with Crippen LogP contribution < -0.4 is 0 Å². The summed E-state index contributed by atoms with van der Waals surface area (Å²) in [7, 11) is 0. The van der Waals surface area contributed by atoms with Crippen LogP contribution in [-0.2, 0) is 0 Å². The van der Waals surface area contributed by atoms with E-state index in [9.17, 15) is 4.79 Å². The number of carbonyl (C=O) groups excluding carboxylic acids is 1. The van der Waals surface area contributed by atoms with Crippen LogP contribution in [0.4, 0.5) is 0 Å². The van der Waals surface area contributed by atoms with Gasteiger partial charge in [-0.05, 0) is 30.2 Å². The SMILES string of the molecule is O=C(C#Cc1ccccc1)c1ccccc1Br. The highest BCUT2D eigenvalue weighted by molar-refractivity contribution is 9.10. The van der Waals surface area contributed by atoms with Gasteiger partial charge in [0.25, 0.3) is 0 Å². The van der Waals surface area contributed by atoms with Crippen molar-refractivity contribution in [1.82, 2.24) is 0 Å². The molecule has 0 fully saturated rings. The molecule has 17 heavy (non-hydrogen) atoms. The second kappa shape index (κ2) is 5.47. The van der Waals surface area contributed by atoms with E-state index in [0.717, 1.165) is 10.0 Å². The Hall–Kier alpha value is -1.85. The zero-order valence-electron chi connectivity index (χ0n) is 8.98. The Balaban J connectivity index is 2.24. The topological polar surface area (TPSA) is 17.1 Å². The quantitative estimate of drug-likeness (QED) is 0.577. The molecule has 2 aromatic carbocycles. The monoisotopic (exact) mass is 284 g/mol. The first-order valence-corrected chi connectivity index (χ1v) is 5.92. The Labute approximate surface area is 109 Å². The van der Waals surface area contributed by atoms with E-state index in [2.05, 4.69) is 27.8 Å². The summed E-state index contributed by atoms with van der Waals surface area (Å²) in [5.74, 6) is 5.31. The highest BCUT2D eigenvalue weighted by atomic mass is 79.9. The van der Waals surface area contributed by atoms with E-state index in [1.165, 1.54) is 0 Å². The van der Waals surface area contributed by atoms with E-state index in [4.69, 9.17) is 0 Å². The third kappa shape index (κ3) is 3.05. The van der Waals surface area contributed by atoms with E-state index in [0.29, 0.717) is 5.56 Å². The average Bonchev–Trinajstić information content (AvgIpc) is 2.38. The number of rotatable bonds is 1. The Bertz CT molecular complexity index is 591. The summed E-state index contributed by atoms with van der Waals surface area (Å²) in [5, 5.41) is 0. The van der Waals surface area contributed by atoms with Crippen molar-refractivity contribution < 1.29 is 4.79 Å². The summed E-state index contributed by atoms with van der Waals surface area (Å²) in [5.41, 5.74) is 1.43. The molecule has 82 valence electrons. The van der Waals surface area contributed by atoms with Gasteiger partial charge < -0.3 is 0 Å². The molecule has 0 amide bonds. The van der Waals surface area contributed by atoms with E-state index in [-0.39, 0.29) is 5.78 Å². The van der Waals surface area contributed by atoms with Gasteiger partial charge in [-0.25, -0.2) is 0 Å². The van der Waals surface area contributed by atoms with Crippen molar-refractivity contribution in [3.8, 4) is 11.8 Å². The highest BCUT2D eigenvalue weighted by Crippen LogP contribution is 2.15. The molecule has 0 heterocycles. The molecule has 0 aromatic heterocycles. The molecule has 2 aromatic rings. The van der Waals surface area contributed by atoms with Crippen LogP contribution in [0.15, 0.2) is 59.1 Å². The van der Waals surface area contributed by atoms with Crippen LogP contribution in [0.25, 0.3) is 0 Å². The Morgan fingerprint density at radius 1 is 0.941 bits per heavy atom. The van der Waals surface area contributed by atoms with E-state index >= 15 is 0 Å². The zero-order valence-corrected chi connectivity index (χ0v) is 10.6. The van der Waals surface area contributed by atoms with Gasteiger partial charge in [-0.1, -0.05) is 52.2 Å². The maximum atomic E-state index is 11.8. The molecule has 0 radical (unpaired) electrons. The van der Waals surface area contributed by atoms with Crippen LogP contribution in [-0.4, -0.2) is 5.78 Å². The molecular formula is C15H9BrO. The lowest BCUT2D eigenvalue weighted by molar-refractivity contribution is 0.105. The summed E-state index contributed by atoms with van der Waals surface area (Å²) in [6.07, 6.45) is 0. The molecule has 0 bridgehead atoms. The molecule has 0 aliphatic carbocycles. The minimum Gasteiger partial charge on any atom is -0.279 e. The van der Waals surface area contributed by atoms with Crippen LogP contribution in [0, 0.1) is 11.8 Å². The number of ketones is 1. The van der Waals surface area contributed by atoms with Crippen molar-refractivity contribution in [1.29, 1.82) is 0 Å². The molecular weight excluding hydrogens is 276 g/mol. The molecule has 0 aliphatic heterocycles. The number of hydrogen-bond acceptors (Lipinski definition) is 1. The first-order valence-electron chi connectivity index (χ1n) is 5.13. The van der Waals surface area contributed by atoms with E-state index in [1.54, 1.807) is 6.07 Å². The van der Waals surface area contributed by atoms with Crippen molar-refractivity contribution >= 4 is 21.7 Å². The van der Waals surface area contributed by atoms with Crippen LogP contribution in [0.3, 0.4) is 0 Å². The van der Waals surface area contributed by atoms with Gasteiger partial charge in [0.2, 0.25) is 5.78 Å². The Morgan fingerprint density at radius 2 is 1.59 bits per heavy atom. The normalized spacial score (nSPS) is 9.24. The van der Waals surface area contributed by atoms with Crippen molar-refractivity contribution in [2.45, 2.75) is 0 Å². The predicted octanol–water partition coefficient (Wildman–Crippen LogP) is 3.68. The van der Waals surface area contributed by atoms with Crippen molar-refractivity contribution in [2.24, 2.45) is 0 Å². The first kappa shape index (κ1) is 11.6. The van der Waals surface area contributed by atoms with Gasteiger partial charge >= 0.3 is 0 Å². The maximum Gasteiger partial charge on any atom is 0.237 e. The third-order valence-electron chi connectivity index (χ3n) is 2.21. The Morgan fingerprint density at radius 3 is 2.29 bits per heavy atom. The molecule has 0 N–H and O–H groups in total. The lowest BCUT2D eigenvalue weighted by Gasteiger charge is -1.96. The minimum absolute atomic E-state index is 0.179. The molecule has 0 saturated heterocycles. The molecule has 0 aliphatic rings. The fourth-order valence-electron chi connectivity index (χ4n) is 1.36. The first-order chi connectivity index (χ1) is 8.27. The van der Waals surface area contributed by atoms with Gasteiger partial charge in [-0.15, -0.1) is 0 Å². The van der Waals surface area contributed by atoms with Crippen LogP contribution >= 0.6 is 15.9 Å². The smallest absolute Gasteiger partial charge is 0.237 e. The summed E-state index contributed by atoms with van der Waals surface area (Å²) >= 11 is 3.33. The van der Waals surface area contributed by atoms with Crippen molar-refractivity contribution in [2.75, 3.05) is 0 Å². The Kier molecular flexibility index (Phi) is 3.74. The second-order valence-electron chi connectivity index (χ2n) is 3.42. The lowest BCUT2D eigenvalue weighted by atomic mass is 10.1. The van der Waals surface area contributed by atoms with Crippen LogP contribution in [0.5, 0.6) is 0 Å². The van der Waals surface area contributed by atoms with Gasteiger partial charge in [0.05, 0.1) is 0 Å². The number of Topliss-reactive ketones (excluding diaryl/α,β-unsaturated/α-hetero) is 1. The largest absolute Gasteiger partial charge is 0.279 e. The fraction of sp³-hybridized carbons (Fsp3) is 0. The molecule has 1 nitrogen and oxygen atoms in total. The zero-order chi connectivity index (χ0) is 12.1. The number of benzene rings is 2. The fourth-order valence-corrected chi connectivity index (χ4v) is 1.83. The van der Waals surface area contributed by atoms with E-state index in [1.807, 2.05) is 48.5 Å². The van der Waals surface area contributed by atoms with E-state index < -0.39 is 0 Å². The molecule has 0 saturated carbocycles. The number of carbonyl (C=O) groups is 1. The summed E-state index contributed by atoms with van der Waals surface area (Å²) in [6, 6.07) is 16.7. The lowest BCUT2D eigenvalue weighted by Crippen LogP contribution is -1.95. The van der Waals surface area contributed by atoms with Crippen molar-refractivity contribution in [3.63, 3.8) is 0 Å². The van der Waals surface area contributed by atoms with Gasteiger partial charge in [-0.3, -0.25) is 4.79 Å². The summed E-state index contributed by atoms with van der Waals surface area (Å²) in [6.45, 7) is 0. The standard InChI is InChI=1S/C15H9BrO/c16-14-9-5-4-8-13(14)15(17)11-10-12-6-2-1-3-7-12/h1-9H. The molecule has 2 rings (SSSR count). The number of halogens is 1. The predicted molar refractivity (Wildman–Crippen MR) is 71.8 cm³/mol. The maximum absolute atomic E-state index is 11.8. The van der Waals surface area contributed by atoms with Crippen molar-refractivity contribution in [3.05, 3.63) is 70.2 Å². The number of hydrogen-bond donors (Lipinski definition) is 0. The van der Waals surface area contributed by atoms with Gasteiger partial charge in [-0.2, -0.15) is 0 Å². The van der Waals surface area contributed by atoms with Gasteiger partial charge in [0, 0.05) is 15.6 Å². The highest BCUT2D eigenvalue weighted by Gasteiger charge is 2.05. The molecule has 2 heteroatoms. The van der Waals surface area contributed by atoms with Crippen LogP contribution in [0.2, 0.25) is 0 Å². The van der Waals surface area contributed by atoms with Gasteiger partial charge in [0.1, 0.15) is 0 Å². The van der Waals surface area contributed by atoms with Crippen LogP contribution in [0.1, 0.15) is 15.9 Å². The molecule has 0 unspecified atom stereocenters. The van der Waals surface area contributed by atoms with Gasteiger partial charge in [0.15, 0.2) is 0 Å². The second-order valence-corrected chi connectivity index (χ2v) is 4.28. The average molecular weight is 285 g/mol.